The molecule has 0 unspecified atom stereocenters. The molecule has 136 valence electrons. The summed E-state index contributed by atoms with van der Waals surface area (Å²) in [7, 11) is 1.75. The number of halogens is 2. The molecule has 1 saturated heterocycles. The minimum Gasteiger partial charge on any atom is -0.335 e. The number of nitrogens with zero attached hydrogens (tertiary/aromatic N) is 2. The van der Waals surface area contributed by atoms with E-state index in [1.165, 1.54) is 0 Å². The largest absolute Gasteiger partial charge is 0.335 e. The molecule has 0 aliphatic carbocycles. The van der Waals surface area contributed by atoms with E-state index in [4.69, 9.17) is 23.2 Å². The Morgan fingerprint density at radius 1 is 1.15 bits per heavy atom. The van der Waals surface area contributed by atoms with Gasteiger partial charge in [-0.15, -0.1) is 0 Å². The van der Waals surface area contributed by atoms with E-state index in [9.17, 15) is 9.59 Å². The molecule has 0 radical (unpaired) electrons. The highest BCUT2D eigenvalue weighted by molar-refractivity contribution is 6.35. The van der Waals surface area contributed by atoms with Crippen molar-refractivity contribution < 1.29 is 9.59 Å². The Labute approximate surface area is 163 Å². The second-order valence-corrected chi connectivity index (χ2v) is 7.30. The number of hydrogen-bond donors (Lipinski definition) is 0. The molecule has 1 aliphatic heterocycles. The Balaban J connectivity index is 1.76. The predicted octanol–water partition coefficient (Wildman–Crippen LogP) is 4.95. The Kier molecular flexibility index (Phi) is 5.54. The molecule has 2 aromatic carbocycles. The van der Waals surface area contributed by atoms with Crippen LogP contribution in [0.5, 0.6) is 0 Å². The number of carbonyl (C=O) groups excluding carboxylic acids is 2. The lowest BCUT2D eigenvalue weighted by Gasteiger charge is -2.26. The van der Waals surface area contributed by atoms with E-state index in [0.29, 0.717) is 22.0 Å². The van der Waals surface area contributed by atoms with E-state index in [-0.39, 0.29) is 17.9 Å². The molecule has 2 amide bonds. The highest BCUT2D eigenvalue weighted by Crippen LogP contribution is 2.30. The lowest BCUT2D eigenvalue weighted by Crippen LogP contribution is -2.30. The standard InChI is InChI=1S/C20H20Cl2N2O2/c1-13(17-10-7-15(21)12-18(17)22)23(2)20(26)14-5-8-16(9-6-14)24-11-3-4-19(24)25/h5-10,12-13H,3-4,11H2,1-2H3/t13-/m1/s1. The first kappa shape index (κ1) is 18.7. The predicted molar refractivity (Wildman–Crippen MR) is 105 cm³/mol. The summed E-state index contributed by atoms with van der Waals surface area (Å²) in [6.45, 7) is 2.66. The Bertz CT molecular complexity index is 836. The molecule has 1 fully saturated rings. The first-order valence-corrected chi connectivity index (χ1v) is 9.26. The molecule has 1 aliphatic rings. The Hall–Kier alpha value is -2.04. The van der Waals surface area contributed by atoms with Crippen LogP contribution >= 0.6 is 23.2 Å². The molecule has 0 N–H and O–H groups in total. The van der Waals surface area contributed by atoms with Crippen LogP contribution in [-0.2, 0) is 4.79 Å². The molecule has 1 heterocycles. The van der Waals surface area contributed by atoms with Crippen molar-refractivity contribution in [3.8, 4) is 0 Å². The van der Waals surface area contributed by atoms with Gasteiger partial charge in [-0.05, 0) is 55.3 Å². The summed E-state index contributed by atoms with van der Waals surface area (Å²) >= 11 is 12.2. The summed E-state index contributed by atoms with van der Waals surface area (Å²) in [5.41, 5.74) is 2.24. The number of rotatable bonds is 4. The third-order valence-electron chi connectivity index (χ3n) is 4.81. The summed E-state index contributed by atoms with van der Waals surface area (Å²) in [6, 6.07) is 12.2. The maximum Gasteiger partial charge on any atom is 0.254 e. The van der Waals surface area contributed by atoms with Crippen LogP contribution in [0.4, 0.5) is 5.69 Å². The minimum absolute atomic E-state index is 0.109. The van der Waals surface area contributed by atoms with Crippen molar-refractivity contribution in [1.29, 1.82) is 0 Å². The maximum atomic E-state index is 12.8. The summed E-state index contributed by atoms with van der Waals surface area (Å²) in [5.74, 6) is 0.0232. The Morgan fingerprint density at radius 2 is 1.85 bits per heavy atom. The van der Waals surface area contributed by atoms with Gasteiger partial charge in [0, 0.05) is 41.3 Å². The molecule has 1 atom stereocenters. The first-order valence-electron chi connectivity index (χ1n) is 8.51. The number of anilines is 1. The number of benzene rings is 2. The summed E-state index contributed by atoms with van der Waals surface area (Å²) in [5, 5.41) is 1.10. The zero-order chi connectivity index (χ0) is 18.8. The van der Waals surface area contributed by atoms with Gasteiger partial charge in [-0.2, -0.15) is 0 Å². The monoisotopic (exact) mass is 390 g/mol. The molecule has 0 aromatic heterocycles. The van der Waals surface area contributed by atoms with Gasteiger partial charge >= 0.3 is 0 Å². The van der Waals surface area contributed by atoms with Crippen LogP contribution in [0.15, 0.2) is 42.5 Å². The highest BCUT2D eigenvalue weighted by Gasteiger charge is 2.23. The minimum atomic E-state index is -0.202. The quantitative estimate of drug-likeness (QED) is 0.740. The van der Waals surface area contributed by atoms with E-state index in [1.54, 1.807) is 41.1 Å². The van der Waals surface area contributed by atoms with Gasteiger partial charge in [0.1, 0.15) is 0 Å². The third-order valence-corrected chi connectivity index (χ3v) is 5.38. The van der Waals surface area contributed by atoms with Gasteiger partial charge in [-0.1, -0.05) is 29.3 Å². The number of hydrogen-bond acceptors (Lipinski definition) is 2. The number of carbonyl (C=O) groups is 2. The molecular formula is C20H20Cl2N2O2. The zero-order valence-electron chi connectivity index (χ0n) is 14.7. The van der Waals surface area contributed by atoms with E-state index < -0.39 is 0 Å². The van der Waals surface area contributed by atoms with Gasteiger partial charge in [0.05, 0.1) is 6.04 Å². The van der Waals surface area contributed by atoms with Crippen molar-refractivity contribution in [2.45, 2.75) is 25.8 Å². The van der Waals surface area contributed by atoms with Crippen molar-refractivity contribution >= 4 is 40.7 Å². The fraction of sp³-hybridized carbons (Fsp3) is 0.300. The van der Waals surface area contributed by atoms with E-state index >= 15 is 0 Å². The highest BCUT2D eigenvalue weighted by atomic mass is 35.5. The van der Waals surface area contributed by atoms with Crippen molar-refractivity contribution in [3.05, 3.63) is 63.6 Å². The molecular weight excluding hydrogens is 371 g/mol. The topological polar surface area (TPSA) is 40.6 Å². The molecule has 26 heavy (non-hydrogen) atoms. The van der Waals surface area contributed by atoms with E-state index in [0.717, 1.165) is 24.2 Å². The third kappa shape index (κ3) is 3.71. The summed E-state index contributed by atoms with van der Waals surface area (Å²) < 4.78 is 0. The molecule has 2 aromatic rings. The smallest absolute Gasteiger partial charge is 0.254 e. The van der Waals surface area contributed by atoms with Crippen molar-refractivity contribution in [3.63, 3.8) is 0 Å². The summed E-state index contributed by atoms with van der Waals surface area (Å²) in [4.78, 5) is 28.0. The van der Waals surface area contributed by atoms with Gasteiger partial charge in [-0.25, -0.2) is 0 Å². The van der Waals surface area contributed by atoms with Crippen LogP contribution in [0, 0.1) is 0 Å². The van der Waals surface area contributed by atoms with Crippen molar-refractivity contribution in [1.82, 2.24) is 4.90 Å². The van der Waals surface area contributed by atoms with Gasteiger partial charge < -0.3 is 9.80 Å². The van der Waals surface area contributed by atoms with Crippen LogP contribution in [0.3, 0.4) is 0 Å². The Morgan fingerprint density at radius 3 is 2.42 bits per heavy atom. The molecule has 6 heteroatoms. The van der Waals surface area contributed by atoms with Gasteiger partial charge in [0.15, 0.2) is 0 Å². The van der Waals surface area contributed by atoms with Crippen LogP contribution in [-0.4, -0.2) is 30.3 Å². The summed E-state index contributed by atoms with van der Waals surface area (Å²) in [6.07, 6.45) is 1.46. The molecule has 0 bridgehead atoms. The fourth-order valence-corrected chi connectivity index (χ4v) is 3.70. The van der Waals surface area contributed by atoms with Gasteiger partial charge in [0.2, 0.25) is 5.91 Å². The van der Waals surface area contributed by atoms with Crippen molar-refractivity contribution in [2.75, 3.05) is 18.5 Å². The van der Waals surface area contributed by atoms with Gasteiger partial charge in [0.25, 0.3) is 5.91 Å². The molecule has 3 rings (SSSR count). The molecule has 0 saturated carbocycles. The maximum absolute atomic E-state index is 12.8. The molecule has 0 spiro atoms. The van der Waals surface area contributed by atoms with E-state index in [2.05, 4.69) is 0 Å². The second-order valence-electron chi connectivity index (χ2n) is 6.45. The first-order chi connectivity index (χ1) is 12.4. The average molecular weight is 391 g/mol. The SMILES string of the molecule is C[C@H](c1ccc(Cl)cc1Cl)N(C)C(=O)c1ccc(N2CCCC2=O)cc1. The average Bonchev–Trinajstić information content (AvgIpc) is 3.06. The van der Waals surface area contributed by atoms with Crippen LogP contribution < -0.4 is 4.90 Å². The lowest BCUT2D eigenvalue weighted by molar-refractivity contribution is -0.117. The lowest BCUT2D eigenvalue weighted by atomic mass is 10.1. The van der Waals surface area contributed by atoms with Crippen LogP contribution in [0.25, 0.3) is 0 Å². The van der Waals surface area contributed by atoms with Crippen LogP contribution in [0.1, 0.15) is 41.7 Å². The van der Waals surface area contributed by atoms with Gasteiger partial charge in [-0.3, -0.25) is 9.59 Å². The number of amides is 2. The van der Waals surface area contributed by atoms with E-state index in [1.807, 2.05) is 25.1 Å². The fourth-order valence-electron chi connectivity index (χ4n) is 3.13. The molecule has 4 nitrogen and oxygen atoms in total. The van der Waals surface area contributed by atoms with Crippen molar-refractivity contribution in [2.24, 2.45) is 0 Å². The zero-order valence-corrected chi connectivity index (χ0v) is 16.2. The second kappa shape index (κ2) is 7.68. The van der Waals surface area contributed by atoms with Crippen LogP contribution in [0.2, 0.25) is 10.0 Å². The normalized spacial score (nSPS) is 15.2.